The van der Waals surface area contributed by atoms with Crippen molar-refractivity contribution < 1.29 is 9.90 Å². The number of carbonyl (C=O) groups is 1. The standard InChI is InChI=1S/C16H25NO2/c1-4-14(13-8-6-5-7-9-13)15(19)17-12-16(2,3)10-11-18/h5-9,14,18H,4,10-12H2,1-3H3,(H,17,19). The van der Waals surface area contributed by atoms with E-state index in [1.54, 1.807) is 0 Å². The minimum Gasteiger partial charge on any atom is -0.396 e. The van der Waals surface area contributed by atoms with Gasteiger partial charge in [0.1, 0.15) is 0 Å². The highest BCUT2D eigenvalue weighted by Gasteiger charge is 2.22. The van der Waals surface area contributed by atoms with Gasteiger partial charge in [-0.05, 0) is 23.8 Å². The molecule has 106 valence electrons. The smallest absolute Gasteiger partial charge is 0.227 e. The fourth-order valence-corrected chi connectivity index (χ4v) is 2.10. The number of benzene rings is 1. The zero-order valence-electron chi connectivity index (χ0n) is 12.1. The van der Waals surface area contributed by atoms with Gasteiger partial charge >= 0.3 is 0 Å². The first kappa shape index (κ1) is 15.7. The third-order valence-corrected chi connectivity index (χ3v) is 3.46. The predicted octanol–water partition coefficient (Wildman–Crippen LogP) is 2.71. The number of aliphatic hydroxyl groups is 1. The van der Waals surface area contributed by atoms with Gasteiger partial charge in [-0.1, -0.05) is 51.1 Å². The molecule has 0 saturated carbocycles. The van der Waals surface area contributed by atoms with Crippen LogP contribution < -0.4 is 5.32 Å². The van der Waals surface area contributed by atoms with Crippen LogP contribution in [0.1, 0.15) is 45.1 Å². The van der Waals surface area contributed by atoms with Crippen LogP contribution in [-0.4, -0.2) is 24.2 Å². The van der Waals surface area contributed by atoms with Gasteiger partial charge in [-0.3, -0.25) is 4.79 Å². The highest BCUT2D eigenvalue weighted by molar-refractivity contribution is 5.83. The van der Waals surface area contributed by atoms with E-state index in [1.165, 1.54) is 0 Å². The molecule has 0 aromatic heterocycles. The van der Waals surface area contributed by atoms with Gasteiger partial charge in [0.2, 0.25) is 5.91 Å². The molecule has 0 heterocycles. The molecule has 0 aliphatic rings. The van der Waals surface area contributed by atoms with Gasteiger partial charge in [0, 0.05) is 13.2 Å². The molecule has 1 unspecified atom stereocenters. The second-order valence-corrected chi connectivity index (χ2v) is 5.73. The summed E-state index contributed by atoms with van der Waals surface area (Å²) in [6, 6.07) is 9.86. The fraction of sp³-hybridized carbons (Fsp3) is 0.562. The summed E-state index contributed by atoms with van der Waals surface area (Å²) in [6.45, 7) is 6.87. The van der Waals surface area contributed by atoms with Crippen molar-refractivity contribution in [1.29, 1.82) is 0 Å². The predicted molar refractivity (Wildman–Crippen MR) is 78.0 cm³/mol. The molecule has 0 saturated heterocycles. The van der Waals surface area contributed by atoms with E-state index < -0.39 is 0 Å². The first-order valence-corrected chi connectivity index (χ1v) is 6.93. The Morgan fingerprint density at radius 2 is 1.95 bits per heavy atom. The van der Waals surface area contributed by atoms with Gasteiger partial charge in [-0.25, -0.2) is 0 Å². The quantitative estimate of drug-likeness (QED) is 0.794. The van der Waals surface area contributed by atoms with Crippen LogP contribution in [0.15, 0.2) is 30.3 Å². The maximum Gasteiger partial charge on any atom is 0.227 e. The molecule has 0 fully saturated rings. The Kier molecular flexibility index (Phi) is 6.03. The van der Waals surface area contributed by atoms with Gasteiger partial charge in [-0.15, -0.1) is 0 Å². The van der Waals surface area contributed by atoms with Crippen molar-refractivity contribution in [2.75, 3.05) is 13.2 Å². The molecule has 19 heavy (non-hydrogen) atoms. The number of amides is 1. The second kappa shape index (κ2) is 7.29. The zero-order chi connectivity index (χ0) is 14.3. The summed E-state index contributed by atoms with van der Waals surface area (Å²) >= 11 is 0. The lowest BCUT2D eigenvalue weighted by molar-refractivity contribution is -0.123. The van der Waals surface area contributed by atoms with Crippen molar-refractivity contribution in [3.05, 3.63) is 35.9 Å². The summed E-state index contributed by atoms with van der Waals surface area (Å²) in [5, 5.41) is 12.0. The molecule has 2 N–H and O–H groups in total. The van der Waals surface area contributed by atoms with Crippen LogP contribution in [0, 0.1) is 5.41 Å². The average molecular weight is 263 g/mol. The van der Waals surface area contributed by atoms with Crippen LogP contribution in [0.25, 0.3) is 0 Å². The number of rotatable bonds is 7. The van der Waals surface area contributed by atoms with Crippen LogP contribution in [0.5, 0.6) is 0 Å². The van der Waals surface area contributed by atoms with Crippen LogP contribution in [0.4, 0.5) is 0 Å². The van der Waals surface area contributed by atoms with E-state index in [4.69, 9.17) is 5.11 Å². The Morgan fingerprint density at radius 1 is 1.32 bits per heavy atom. The molecule has 0 spiro atoms. The minimum atomic E-state index is -0.0915. The van der Waals surface area contributed by atoms with Crippen molar-refractivity contribution in [3.63, 3.8) is 0 Å². The molecule has 1 atom stereocenters. The Hall–Kier alpha value is -1.35. The lowest BCUT2D eigenvalue weighted by atomic mass is 9.89. The van der Waals surface area contributed by atoms with E-state index in [0.29, 0.717) is 13.0 Å². The number of aliphatic hydroxyl groups excluding tert-OH is 1. The summed E-state index contributed by atoms with van der Waals surface area (Å²) in [7, 11) is 0. The summed E-state index contributed by atoms with van der Waals surface area (Å²) in [4.78, 5) is 12.3. The lowest BCUT2D eigenvalue weighted by Crippen LogP contribution is -2.37. The normalized spacial score (nSPS) is 13.1. The minimum absolute atomic E-state index is 0.0692. The monoisotopic (exact) mass is 263 g/mol. The molecule has 3 nitrogen and oxygen atoms in total. The van der Waals surface area contributed by atoms with E-state index in [2.05, 4.69) is 5.32 Å². The highest BCUT2D eigenvalue weighted by atomic mass is 16.3. The van der Waals surface area contributed by atoms with Gasteiger partial charge in [0.05, 0.1) is 5.92 Å². The van der Waals surface area contributed by atoms with Crippen molar-refractivity contribution in [2.24, 2.45) is 5.41 Å². The molecule has 1 amide bonds. The van der Waals surface area contributed by atoms with Gasteiger partial charge in [0.15, 0.2) is 0 Å². The Balaban J connectivity index is 2.61. The van der Waals surface area contributed by atoms with Crippen molar-refractivity contribution >= 4 is 5.91 Å². The zero-order valence-corrected chi connectivity index (χ0v) is 12.1. The number of hydrogen-bond donors (Lipinski definition) is 2. The third-order valence-electron chi connectivity index (χ3n) is 3.46. The van der Waals surface area contributed by atoms with Crippen molar-refractivity contribution in [1.82, 2.24) is 5.32 Å². The van der Waals surface area contributed by atoms with E-state index in [9.17, 15) is 4.79 Å². The Morgan fingerprint density at radius 3 is 2.47 bits per heavy atom. The van der Waals surface area contributed by atoms with E-state index in [1.807, 2.05) is 51.1 Å². The Bertz CT molecular complexity index is 387. The van der Waals surface area contributed by atoms with Crippen LogP contribution >= 0.6 is 0 Å². The fourth-order valence-electron chi connectivity index (χ4n) is 2.10. The molecule has 1 aromatic rings. The number of carbonyl (C=O) groups excluding carboxylic acids is 1. The van der Waals surface area contributed by atoms with Gasteiger partial charge in [0.25, 0.3) is 0 Å². The van der Waals surface area contributed by atoms with Gasteiger partial charge < -0.3 is 10.4 Å². The third kappa shape index (κ3) is 5.03. The van der Waals surface area contributed by atoms with Crippen LogP contribution in [-0.2, 0) is 4.79 Å². The molecule has 0 bridgehead atoms. The summed E-state index contributed by atoms with van der Waals surface area (Å²) in [6.07, 6.45) is 1.48. The molecular formula is C16H25NO2. The first-order chi connectivity index (χ1) is 9.00. The second-order valence-electron chi connectivity index (χ2n) is 5.73. The Labute approximate surface area is 116 Å². The average Bonchev–Trinajstić information content (AvgIpc) is 2.39. The molecule has 0 aliphatic carbocycles. The largest absolute Gasteiger partial charge is 0.396 e. The SMILES string of the molecule is CCC(C(=O)NCC(C)(C)CCO)c1ccccc1. The van der Waals surface area contributed by atoms with E-state index in [-0.39, 0.29) is 23.8 Å². The van der Waals surface area contributed by atoms with Gasteiger partial charge in [-0.2, -0.15) is 0 Å². The lowest BCUT2D eigenvalue weighted by Gasteiger charge is -2.25. The van der Waals surface area contributed by atoms with E-state index >= 15 is 0 Å². The maximum absolute atomic E-state index is 12.3. The molecule has 1 rings (SSSR count). The van der Waals surface area contributed by atoms with Crippen molar-refractivity contribution in [2.45, 2.75) is 39.5 Å². The maximum atomic E-state index is 12.3. The van der Waals surface area contributed by atoms with Crippen LogP contribution in [0.3, 0.4) is 0 Å². The topological polar surface area (TPSA) is 49.3 Å². The molecule has 3 heteroatoms. The van der Waals surface area contributed by atoms with Crippen molar-refractivity contribution in [3.8, 4) is 0 Å². The molecule has 0 radical (unpaired) electrons. The molecular weight excluding hydrogens is 238 g/mol. The summed E-state index contributed by atoms with van der Waals surface area (Å²) < 4.78 is 0. The highest BCUT2D eigenvalue weighted by Crippen LogP contribution is 2.21. The molecule has 1 aromatic carbocycles. The summed E-state index contributed by atoms with van der Waals surface area (Å²) in [5.74, 6) is -0.0224. The van der Waals surface area contributed by atoms with Crippen LogP contribution in [0.2, 0.25) is 0 Å². The van der Waals surface area contributed by atoms with E-state index in [0.717, 1.165) is 12.0 Å². The number of nitrogens with one attached hydrogen (secondary N) is 1. The number of hydrogen-bond acceptors (Lipinski definition) is 2. The molecule has 0 aliphatic heterocycles. The first-order valence-electron chi connectivity index (χ1n) is 6.93. The summed E-state index contributed by atoms with van der Waals surface area (Å²) in [5.41, 5.74) is 0.988.